The third-order valence-electron chi connectivity index (χ3n) is 4.61. The van der Waals surface area contributed by atoms with E-state index in [1.807, 2.05) is 36.4 Å². The maximum absolute atomic E-state index is 12.6. The van der Waals surface area contributed by atoms with E-state index in [9.17, 15) is 4.79 Å². The van der Waals surface area contributed by atoms with Crippen molar-refractivity contribution < 1.29 is 0 Å². The van der Waals surface area contributed by atoms with Gasteiger partial charge < -0.3 is 16.0 Å². The Morgan fingerprint density at radius 2 is 1.86 bits per heavy atom. The largest absolute Gasteiger partial charge is 0.354 e. The van der Waals surface area contributed by atoms with Gasteiger partial charge in [0.25, 0.3) is 0 Å². The minimum absolute atomic E-state index is 0.203. The van der Waals surface area contributed by atoms with Gasteiger partial charge in [0.05, 0.1) is 12.7 Å². The quantitative estimate of drug-likeness (QED) is 0.432. The Kier molecular flexibility index (Phi) is 5.16. The molecule has 0 aliphatic heterocycles. The minimum Gasteiger partial charge on any atom is -0.354 e. The zero-order valence-electron chi connectivity index (χ0n) is 15.4. The number of nitrogens with zero attached hydrogens (tertiary/aromatic N) is 3. The maximum Gasteiger partial charge on any atom is 0.328 e. The van der Waals surface area contributed by atoms with Crippen LogP contribution in [0.25, 0.3) is 22.3 Å². The predicted octanol–water partition coefficient (Wildman–Crippen LogP) is 2.60. The van der Waals surface area contributed by atoms with Crippen LogP contribution in [0.4, 0.5) is 5.95 Å². The van der Waals surface area contributed by atoms with Crippen LogP contribution in [0.1, 0.15) is 12.0 Å². The molecular formula is C21H22N6O. The molecule has 0 unspecified atom stereocenters. The molecule has 2 heterocycles. The van der Waals surface area contributed by atoms with E-state index in [4.69, 9.17) is 5.73 Å². The average molecular weight is 374 g/mol. The Morgan fingerprint density at radius 1 is 1.07 bits per heavy atom. The van der Waals surface area contributed by atoms with E-state index in [-0.39, 0.29) is 5.69 Å². The predicted molar refractivity (Wildman–Crippen MR) is 111 cm³/mol. The van der Waals surface area contributed by atoms with E-state index in [2.05, 4.69) is 38.5 Å². The molecule has 2 aromatic heterocycles. The summed E-state index contributed by atoms with van der Waals surface area (Å²) in [4.78, 5) is 24.2. The van der Waals surface area contributed by atoms with Crippen LogP contribution in [-0.2, 0) is 6.54 Å². The second-order valence-corrected chi connectivity index (χ2v) is 6.54. The first kappa shape index (κ1) is 17.9. The summed E-state index contributed by atoms with van der Waals surface area (Å²) in [5.74, 6) is 0.491. The summed E-state index contributed by atoms with van der Waals surface area (Å²) in [6, 6.07) is 18.2. The third kappa shape index (κ3) is 3.65. The molecule has 0 fully saturated rings. The molecule has 7 heteroatoms. The summed E-state index contributed by atoms with van der Waals surface area (Å²) >= 11 is 0. The number of nitrogens with one attached hydrogen (secondary N) is 2. The van der Waals surface area contributed by atoms with Crippen molar-refractivity contribution in [2.24, 2.45) is 5.73 Å². The lowest BCUT2D eigenvalue weighted by atomic mass is 10.00. The number of aromatic amines is 1. The van der Waals surface area contributed by atoms with Gasteiger partial charge >= 0.3 is 5.69 Å². The Hall–Kier alpha value is -3.45. The van der Waals surface area contributed by atoms with Crippen molar-refractivity contribution >= 4 is 17.1 Å². The molecule has 0 spiro atoms. The number of benzene rings is 2. The second-order valence-electron chi connectivity index (χ2n) is 6.54. The standard InChI is InChI=1S/C21H22N6O/c22-11-6-12-23-20-24-13-18-19(26-20)27(21(28)25-18)14-16-9-4-5-10-17(16)15-7-2-1-3-8-15/h1-5,7-10,13H,6,11-12,14,22H2,(H,25,28)(H,23,24,26). The number of anilines is 1. The van der Waals surface area contributed by atoms with Crippen LogP contribution < -0.4 is 16.7 Å². The van der Waals surface area contributed by atoms with Crippen LogP contribution in [-0.4, -0.2) is 32.6 Å². The van der Waals surface area contributed by atoms with Crippen molar-refractivity contribution in [3.8, 4) is 11.1 Å². The van der Waals surface area contributed by atoms with Gasteiger partial charge in [0.2, 0.25) is 5.95 Å². The number of nitrogens with two attached hydrogens (primary N) is 1. The van der Waals surface area contributed by atoms with Gasteiger partial charge in [-0.2, -0.15) is 4.98 Å². The van der Waals surface area contributed by atoms with E-state index in [1.165, 1.54) is 0 Å². The Bertz CT molecular complexity index is 1130. The molecule has 7 nitrogen and oxygen atoms in total. The molecule has 4 rings (SSSR count). The number of hydrogen-bond donors (Lipinski definition) is 3. The van der Waals surface area contributed by atoms with Crippen LogP contribution in [0.2, 0.25) is 0 Å². The average Bonchev–Trinajstić information content (AvgIpc) is 3.04. The molecule has 4 aromatic rings. The van der Waals surface area contributed by atoms with Gasteiger partial charge in [0.15, 0.2) is 5.65 Å². The highest BCUT2D eigenvalue weighted by atomic mass is 16.1. The highest BCUT2D eigenvalue weighted by Gasteiger charge is 2.13. The van der Waals surface area contributed by atoms with Crippen molar-refractivity contribution in [2.45, 2.75) is 13.0 Å². The molecule has 28 heavy (non-hydrogen) atoms. The van der Waals surface area contributed by atoms with E-state index in [1.54, 1.807) is 10.8 Å². The fourth-order valence-electron chi connectivity index (χ4n) is 3.21. The number of rotatable bonds is 7. The SMILES string of the molecule is NCCCNc1ncc2[nH]c(=O)n(Cc3ccccc3-c3ccccc3)c2n1. The van der Waals surface area contributed by atoms with Gasteiger partial charge in [0, 0.05) is 6.54 Å². The number of H-pyrrole nitrogens is 1. The fourth-order valence-corrected chi connectivity index (χ4v) is 3.21. The lowest BCUT2D eigenvalue weighted by molar-refractivity contribution is 0.778. The van der Waals surface area contributed by atoms with Crippen molar-refractivity contribution in [1.82, 2.24) is 19.5 Å². The van der Waals surface area contributed by atoms with Crippen molar-refractivity contribution in [1.29, 1.82) is 0 Å². The van der Waals surface area contributed by atoms with Crippen molar-refractivity contribution in [3.05, 3.63) is 76.8 Å². The molecule has 0 radical (unpaired) electrons. The van der Waals surface area contributed by atoms with E-state index in [0.29, 0.717) is 36.7 Å². The monoisotopic (exact) mass is 374 g/mol. The molecular weight excluding hydrogens is 352 g/mol. The molecule has 0 amide bonds. The van der Waals surface area contributed by atoms with Crippen LogP contribution in [0.3, 0.4) is 0 Å². The molecule has 0 aliphatic carbocycles. The van der Waals surface area contributed by atoms with Gasteiger partial charge in [0.1, 0.15) is 5.52 Å². The first-order valence-electron chi connectivity index (χ1n) is 9.29. The number of fused-ring (bicyclic) bond motifs is 1. The molecule has 142 valence electrons. The molecule has 0 bridgehead atoms. The van der Waals surface area contributed by atoms with Gasteiger partial charge in [-0.3, -0.25) is 4.57 Å². The molecule has 0 saturated carbocycles. The molecule has 0 aliphatic rings. The number of imidazole rings is 1. The topological polar surface area (TPSA) is 102 Å². The van der Waals surface area contributed by atoms with Crippen LogP contribution in [0, 0.1) is 0 Å². The Labute approximate surface area is 162 Å². The second kappa shape index (κ2) is 8.06. The molecule has 0 atom stereocenters. The van der Waals surface area contributed by atoms with Gasteiger partial charge in [-0.25, -0.2) is 9.78 Å². The zero-order valence-corrected chi connectivity index (χ0v) is 15.4. The number of hydrogen-bond acceptors (Lipinski definition) is 5. The normalized spacial score (nSPS) is 11.0. The Balaban J connectivity index is 1.71. The summed E-state index contributed by atoms with van der Waals surface area (Å²) < 4.78 is 1.65. The molecule has 4 N–H and O–H groups in total. The van der Waals surface area contributed by atoms with Gasteiger partial charge in [-0.15, -0.1) is 0 Å². The first-order valence-corrected chi connectivity index (χ1v) is 9.29. The summed E-state index contributed by atoms with van der Waals surface area (Å²) in [6.45, 7) is 1.71. The van der Waals surface area contributed by atoms with E-state index >= 15 is 0 Å². The van der Waals surface area contributed by atoms with E-state index in [0.717, 1.165) is 23.1 Å². The van der Waals surface area contributed by atoms with E-state index < -0.39 is 0 Å². The van der Waals surface area contributed by atoms with Gasteiger partial charge in [-0.05, 0) is 29.7 Å². The van der Waals surface area contributed by atoms with Crippen molar-refractivity contribution in [2.75, 3.05) is 18.4 Å². The maximum atomic E-state index is 12.6. The molecule has 0 saturated heterocycles. The van der Waals surface area contributed by atoms with Crippen LogP contribution in [0.15, 0.2) is 65.6 Å². The van der Waals surface area contributed by atoms with Crippen LogP contribution >= 0.6 is 0 Å². The highest BCUT2D eigenvalue weighted by Crippen LogP contribution is 2.24. The lowest BCUT2D eigenvalue weighted by Crippen LogP contribution is -2.18. The lowest BCUT2D eigenvalue weighted by Gasteiger charge is -2.11. The van der Waals surface area contributed by atoms with Gasteiger partial charge in [-0.1, -0.05) is 54.6 Å². The summed E-state index contributed by atoms with van der Waals surface area (Å²) in [6.07, 6.45) is 2.46. The smallest absolute Gasteiger partial charge is 0.328 e. The first-order chi connectivity index (χ1) is 13.8. The summed E-state index contributed by atoms with van der Waals surface area (Å²) in [5.41, 5.74) is 9.79. The summed E-state index contributed by atoms with van der Waals surface area (Å²) in [5, 5.41) is 3.14. The zero-order chi connectivity index (χ0) is 19.3. The molecule has 2 aromatic carbocycles. The van der Waals surface area contributed by atoms with Crippen LogP contribution in [0.5, 0.6) is 0 Å². The summed E-state index contributed by atoms with van der Waals surface area (Å²) in [7, 11) is 0. The van der Waals surface area contributed by atoms with Crippen molar-refractivity contribution in [3.63, 3.8) is 0 Å². The third-order valence-corrected chi connectivity index (χ3v) is 4.61. The fraction of sp³-hybridized carbons (Fsp3) is 0.190. The minimum atomic E-state index is -0.203. The highest BCUT2D eigenvalue weighted by molar-refractivity contribution is 5.72. The Morgan fingerprint density at radius 3 is 2.68 bits per heavy atom. The number of aromatic nitrogens is 4.